The van der Waals surface area contributed by atoms with Crippen molar-refractivity contribution in [2.45, 2.75) is 45.2 Å². The van der Waals surface area contributed by atoms with E-state index in [1.54, 1.807) is 0 Å². The lowest BCUT2D eigenvalue weighted by Gasteiger charge is -2.26. The van der Waals surface area contributed by atoms with Crippen molar-refractivity contribution < 1.29 is 20.2 Å². The molecule has 0 rings (SSSR count). The van der Waals surface area contributed by atoms with Crippen molar-refractivity contribution >= 4 is 0 Å². The van der Waals surface area contributed by atoms with Crippen molar-refractivity contribution in [2.24, 2.45) is 0 Å². The van der Waals surface area contributed by atoms with Gasteiger partial charge in [0.25, 0.3) is 0 Å². The summed E-state index contributed by atoms with van der Waals surface area (Å²) in [5.41, 5.74) is 2.35. The van der Waals surface area contributed by atoms with Crippen molar-refractivity contribution in [3.05, 3.63) is 0 Å². The standard InChI is InChI=1S/C8H19NO4/c1-3-5-7(10)8(11,12)13-9-6-4-2/h7,9-12H,3-6H2,1-2H3. The summed E-state index contributed by atoms with van der Waals surface area (Å²) >= 11 is 0. The van der Waals surface area contributed by atoms with Gasteiger partial charge >= 0.3 is 5.97 Å². The minimum Gasteiger partial charge on any atom is -0.385 e. The van der Waals surface area contributed by atoms with Crippen LogP contribution < -0.4 is 5.48 Å². The minimum atomic E-state index is -2.49. The molecule has 0 aliphatic heterocycles. The summed E-state index contributed by atoms with van der Waals surface area (Å²) in [4.78, 5) is 4.50. The van der Waals surface area contributed by atoms with Crippen LogP contribution >= 0.6 is 0 Å². The lowest BCUT2D eigenvalue weighted by atomic mass is 10.2. The Morgan fingerprint density at radius 3 is 2.38 bits per heavy atom. The molecule has 5 nitrogen and oxygen atoms in total. The van der Waals surface area contributed by atoms with Gasteiger partial charge in [-0.3, -0.25) is 0 Å². The molecule has 0 aromatic heterocycles. The zero-order valence-electron chi connectivity index (χ0n) is 8.16. The van der Waals surface area contributed by atoms with Crippen molar-refractivity contribution in [2.75, 3.05) is 6.54 Å². The lowest BCUT2D eigenvalue weighted by Crippen LogP contribution is -2.48. The fourth-order valence-electron chi connectivity index (χ4n) is 0.789. The summed E-state index contributed by atoms with van der Waals surface area (Å²) in [7, 11) is 0. The second-order valence-corrected chi connectivity index (χ2v) is 2.96. The number of aliphatic hydroxyl groups excluding tert-OH is 1. The summed E-state index contributed by atoms with van der Waals surface area (Å²) in [5, 5.41) is 27.5. The highest BCUT2D eigenvalue weighted by Crippen LogP contribution is 2.11. The molecule has 0 aromatic rings. The molecule has 0 fully saturated rings. The van der Waals surface area contributed by atoms with Crippen LogP contribution in [-0.2, 0) is 4.84 Å². The van der Waals surface area contributed by atoms with E-state index in [0.29, 0.717) is 13.0 Å². The Hall–Kier alpha value is -0.200. The molecule has 0 aromatic carbocycles. The largest absolute Gasteiger partial charge is 0.385 e. The Morgan fingerprint density at radius 2 is 1.92 bits per heavy atom. The van der Waals surface area contributed by atoms with E-state index in [1.165, 1.54) is 0 Å². The predicted octanol–water partition coefficient (Wildman–Crippen LogP) is -0.283. The molecule has 1 atom stereocenters. The number of aliphatic hydroxyl groups is 3. The monoisotopic (exact) mass is 193 g/mol. The molecule has 0 saturated carbocycles. The van der Waals surface area contributed by atoms with Gasteiger partial charge in [-0.25, -0.2) is 4.84 Å². The Bertz CT molecular complexity index is 129. The van der Waals surface area contributed by atoms with Gasteiger partial charge in [-0.1, -0.05) is 20.3 Å². The fourth-order valence-corrected chi connectivity index (χ4v) is 0.789. The van der Waals surface area contributed by atoms with Crippen molar-refractivity contribution in [3.63, 3.8) is 0 Å². The number of hydrogen-bond donors (Lipinski definition) is 4. The van der Waals surface area contributed by atoms with Crippen molar-refractivity contribution in [1.29, 1.82) is 0 Å². The van der Waals surface area contributed by atoms with Gasteiger partial charge in [0.2, 0.25) is 0 Å². The van der Waals surface area contributed by atoms with E-state index >= 15 is 0 Å². The molecule has 0 aliphatic carbocycles. The van der Waals surface area contributed by atoms with Gasteiger partial charge in [0.15, 0.2) is 0 Å². The Balaban J connectivity index is 3.76. The van der Waals surface area contributed by atoms with E-state index in [9.17, 15) is 5.11 Å². The SMILES string of the molecule is CCCNOC(O)(O)C(O)CCC. The molecule has 80 valence electrons. The maximum absolute atomic E-state index is 9.21. The molecule has 4 N–H and O–H groups in total. The van der Waals surface area contributed by atoms with Gasteiger partial charge in [0.05, 0.1) is 0 Å². The zero-order chi connectivity index (χ0) is 10.3. The summed E-state index contributed by atoms with van der Waals surface area (Å²) in [5.74, 6) is -2.49. The molecule has 0 radical (unpaired) electrons. The van der Waals surface area contributed by atoms with Gasteiger partial charge in [0, 0.05) is 6.54 Å². The minimum absolute atomic E-state index is 0.279. The highest BCUT2D eigenvalue weighted by Gasteiger charge is 2.34. The van der Waals surface area contributed by atoms with E-state index in [1.807, 2.05) is 13.8 Å². The van der Waals surface area contributed by atoms with Gasteiger partial charge in [0.1, 0.15) is 6.10 Å². The van der Waals surface area contributed by atoms with Gasteiger partial charge in [-0.2, -0.15) is 5.48 Å². The molecule has 1 unspecified atom stereocenters. The van der Waals surface area contributed by atoms with Crippen LogP contribution in [0, 0.1) is 0 Å². The molecule has 0 aliphatic rings. The smallest absolute Gasteiger partial charge is 0.321 e. The second kappa shape index (κ2) is 6.28. The normalized spacial score (nSPS) is 14.5. The quantitative estimate of drug-likeness (QED) is 0.254. The Morgan fingerprint density at radius 1 is 1.31 bits per heavy atom. The number of rotatable bonds is 7. The first kappa shape index (κ1) is 12.8. The third kappa shape index (κ3) is 5.17. The number of hydroxylamine groups is 1. The van der Waals surface area contributed by atoms with Gasteiger partial charge in [-0.05, 0) is 12.8 Å². The first-order valence-corrected chi connectivity index (χ1v) is 4.58. The van der Waals surface area contributed by atoms with Crippen LogP contribution in [0.4, 0.5) is 0 Å². The lowest BCUT2D eigenvalue weighted by molar-refractivity contribution is -0.397. The third-order valence-corrected chi connectivity index (χ3v) is 1.57. The van der Waals surface area contributed by atoms with E-state index in [2.05, 4.69) is 10.3 Å². The van der Waals surface area contributed by atoms with E-state index in [0.717, 1.165) is 6.42 Å². The maximum atomic E-state index is 9.21. The maximum Gasteiger partial charge on any atom is 0.321 e. The molecule has 0 spiro atoms. The van der Waals surface area contributed by atoms with Gasteiger partial charge in [-0.15, -0.1) is 0 Å². The molecular formula is C8H19NO4. The third-order valence-electron chi connectivity index (χ3n) is 1.57. The Labute approximate surface area is 78.3 Å². The molecule has 0 saturated heterocycles. The average Bonchev–Trinajstić information content (AvgIpc) is 2.05. The van der Waals surface area contributed by atoms with Crippen LogP contribution in [-0.4, -0.2) is 33.9 Å². The van der Waals surface area contributed by atoms with Crippen molar-refractivity contribution in [1.82, 2.24) is 5.48 Å². The summed E-state index contributed by atoms with van der Waals surface area (Å²) < 4.78 is 0. The summed E-state index contributed by atoms with van der Waals surface area (Å²) in [6.45, 7) is 4.25. The molecule has 0 amide bonds. The molecule has 0 bridgehead atoms. The van der Waals surface area contributed by atoms with Crippen molar-refractivity contribution in [3.8, 4) is 0 Å². The Kier molecular flexibility index (Phi) is 6.19. The predicted molar refractivity (Wildman–Crippen MR) is 47.5 cm³/mol. The number of hydrogen-bond acceptors (Lipinski definition) is 5. The van der Waals surface area contributed by atoms with Crippen LogP contribution in [0.2, 0.25) is 0 Å². The highest BCUT2D eigenvalue weighted by molar-refractivity contribution is 4.63. The van der Waals surface area contributed by atoms with Crippen LogP contribution in [0.15, 0.2) is 0 Å². The fraction of sp³-hybridized carbons (Fsp3) is 1.00. The van der Waals surface area contributed by atoms with Crippen LogP contribution in [0.1, 0.15) is 33.1 Å². The van der Waals surface area contributed by atoms with Crippen LogP contribution in [0.3, 0.4) is 0 Å². The topological polar surface area (TPSA) is 82.0 Å². The molecule has 5 heteroatoms. The van der Waals surface area contributed by atoms with Crippen LogP contribution in [0.5, 0.6) is 0 Å². The summed E-state index contributed by atoms with van der Waals surface area (Å²) in [6, 6.07) is 0. The molecular weight excluding hydrogens is 174 g/mol. The zero-order valence-corrected chi connectivity index (χ0v) is 8.16. The first-order valence-electron chi connectivity index (χ1n) is 4.58. The first-order chi connectivity index (χ1) is 6.04. The number of nitrogens with one attached hydrogen (secondary N) is 1. The summed E-state index contributed by atoms with van der Waals surface area (Å²) in [6.07, 6.45) is 0.448. The molecule has 0 heterocycles. The highest BCUT2D eigenvalue weighted by atomic mass is 16.8. The van der Waals surface area contributed by atoms with E-state index < -0.39 is 12.1 Å². The van der Waals surface area contributed by atoms with E-state index in [-0.39, 0.29) is 6.42 Å². The van der Waals surface area contributed by atoms with Crippen LogP contribution in [0.25, 0.3) is 0 Å². The molecule has 13 heavy (non-hydrogen) atoms. The average molecular weight is 193 g/mol. The van der Waals surface area contributed by atoms with Gasteiger partial charge < -0.3 is 15.3 Å². The van der Waals surface area contributed by atoms with E-state index in [4.69, 9.17) is 10.2 Å². The second-order valence-electron chi connectivity index (χ2n) is 2.96.